The third-order valence-corrected chi connectivity index (χ3v) is 8.99. The van der Waals surface area contributed by atoms with Crippen LogP contribution >= 0.6 is 46.0 Å². The Bertz CT molecular complexity index is 1750. The van der Waals surface area contributed by atoms with Crippen LogP contribution in [0.1, 0.15) is 22.8 Å². The standard InChI is InChI=1S/C32H25ClN4O3S3/c1-20(29(38)37-32-36-27(19-42-32)28-11-6-16-41-28)43-25-14-12-24(13-15-25)34-31(40)26(18-21-7-5-10-23(33)17-21)35-30(39)22-8-3-2-4-9-22/h2-20H,1H3,(H,34,40)(H,35,39)(H,36,37,38)/b26-18-. The maximum absolute atomic E-state index is 13.3. The van der Waals surface area contributed by atoms with E-state index in [4.69, 9.17) is 11.6 Å². The molecule has 11 heteroatoms. The van der Waals surface area contributed by atoms with E-state index in [0.29, 0.717) is 27.0 Å². The number of nitrogens with zero attached hydrogens (tertiary/aromatic N) is 1. The van der Waals surface area contributed by atoms with Gasteiger partial charge in [0.05, 0.1) is 15.8 Å². The maximum Gasteiger partial charge on any atom is 0.272 e. The molecule has 0 saturated carbocycles. The van der Waals surface area contributed by atoms with Crippen LogP contribution in [0.2, 0.25) is 5.02 Å². The third-order valence-electron chi connectivity index (χ3n) is 5.99. The summed E-state index contributed by atoms with van der Waals surface area (Å²) in [6.07, 6.45) is 1.57. The number of amides is 3. The Morgan fingerprint density at radius 1 is 0.907 bits per heavy atom. The van der Waals surface area contributed by atoms with Gasteiger partial charge in [0.1, 0.15) is 5.70 Å². The zero-order valence-electron chi connectivity index (χ0n) is 22.7. The molecule has 43 heavy (non-hydrogen) atoms. The summed E-state index contributed by atoms with van der Waals surface area (Å²) in [6.45, 7) is 1.83. The second kappa shape index (κ2) is 14.3. The van der Waals surface area contributed by atoms with Gasteiger partial charge in [0.15, 0.2) is 5.13 Å². The molecule has 2 heterocycles. The number of thiazole rings is 1. The largest absolute Gasteiger partial charge is 0.321 e. The van der Waals surface area contributed by atoms with Crippen LogP contribution in [-0.4, -0.2) is 28.0 Å². The molecule has 3 amide bonds. The molecule has 1 unspecified atom stereocenters. The van der Waals surface area contributed by atoms with Crippen LogP contribution in [-0.2, 0) is 9.59 Å². The number of carbonyl (C=O) groups excluding carboxylic acids is 3. The number of anilines is 2. The zero-order chi connectivity index (χ0) is 30.2. The van der Waals surface area contributed by atoms with Crippen molar-refractivity contribution < 1.29 is 14.4 Å². The first-order valence-corrected chi connectivity index (χ1v) is 16.1. The molecule has 3 aromatic carbocycles. The number of aromatic nitrogens is 1. The molecule has 0 aliphatic rings. The van der Waals surface area contributed by atoms with Crippen molar-refractivity contribution in [2.75, 3.05) is 10.6 Å². The molecular formula is C32H25ClN4O3S3. The number of nitrogens with one attached hydrogen (secondary N) is 3. The summed E-state index contributed by atoms with van der Waals surface area (Å²) in [5.41, 5.74) is 2.51. The van der Waals surface area contributed by atoms with Gasteiger partial charge in [-0.2, -0.15) is 0 Å². The second-order valence-corrected chi connectivity index (χ2v) is 12.8. The average Bonchev–Trinajstić information content (AvgIpc) is 3.71. The van der Waals surface area contributed by atoms with Crippen molar-refractivity contribution in [1.82, 2.24) is 10.3 Å². The fourth-order valence-electron chi connectivity index (χ4n) is 3.85. The normalized spacial score (nSPS) is 11.9. The van der Waals surface area contributed by atoms with Crippen molar-refractivity contribution in [3.05, 3.63) is 124 Å². The van der Waals surface area contributed by atoms with Crippen molar-refractivity contribution in [3.8, 4) is 10.6 Å². The molecule has 5 rings (SSSR count). The molecule has 0 radical (unpaired) electrons. The van der Waals surface area contributed by atoms with Crippen molar-refractivity contribution in [3.63, 3.8) is 0 Å². The van der Waals surface area contributed by atoms with Crippen LogP contribution < -0.4 is 16.0 Å². The predicted molar refractivity (Wildman–Crippen MR) is 178 cm³/mol. The summed E-state index contributed by atoms with van der Waals surface area (Å²) < 4.78 is 0. The van der Waals surface area contributed by atoms with E-state index < -0.39 is 11.8 Å². The van der Waals surface area contributed by atoms with Crippen LogP contribution in [0, 0.1) is 0 Å². The molecule has 5 aromatic rings. The van der Waals surface area contributed by atoms with Gasteiger partial charge < -0.3 is 16.0 Å². The highest BCUT2D eigenvalue weighted by molar-refractivity contribution is 8.00. The van der Waals surface area contributed by atoms with E-state index in [-0.39, 0.29) is 16.9 Å². The lowest BCUT2D eigenvalue weighted by molar-refractivity contribution is -0.115. The second-order valence-electron chi connectivity index (χ2n) is 9.18. The van der Waals surface area contributed by atoms with E-state index in [1.807, 2.05) is 48.0 Å². The maximum atomic E-state index is 13.3. The summed E-state index contributed by atoms with van der Waals surface area (Å²) in [4.78, 5) is 45.3. The minimum atomic E-state index is -0.497. The number of carbonyl (C=O) groups is 3. The zero-order valence-corrected chi connectivity index (χ0v) is 25.9. The van der Waals surface area contributed by atoms with Gasteiger partial charge in [-0.05, 0) is 78.5 Å². The average molecular weight is 645 g/mol. The highest BCUT2D eigenvalue weighted by atomic mass is 35.5. The summed E-state index contributed by atoms with van der Waals surface area (Å²) in [6, 6.07) is 26.7. The Kier molecular flexibility index (Phi) is 10.1. The Labute approximate surface area is 266 Å². The molecule has 0 spiro atoms. The van der Waals surface area contributed by atoms with E-state index >= 15 is 0 Å². The Morgan fingerprint density at radius 3 is 2.42 bits per heavy atom. The quantitative estimate of drug-likeness (QED) is 0.105. The molecule has 0 fully saturated rings. The number of thiophene rings is 1. The Hall–Kier alpha value is -4.22. The molecule has 216 valence electrons. The van der Waals surface area contributed by atoms with Gasteiger partial charge in [-0.25, -0.2) is 4.98 Å². The van der Waals surface area contributed by atoms with E-state index in [0.717, 1.165) is 15.5 Å². The number of thioether (sulfide) groups is 1. The van der Waals surface area contributed by atoms with Crippen molar-refractivity contribution in [1.29, 1.82) is 0 Å². The molecule has 3 N–H and O–H groups in total. The fourth-order valence-corrected chi connectivity index (χ4v) is 6.39. The van der Waals surface area contributed by atoms with Crippen molar-refractivity contribution >= 4 is 80.7 Å². The first-order chi connectivity index (χ1) is 20.8. The molecule has 7 nitrogen and oxygen atoms in total. The monoisotopic (exact) mass is 644 g/mol. The molecule has 0 saturated heterocycles. The van der Waals surface area contributed by atoms with Gasteiger partial charge in [0, 0.05) is 26.5 Å². The van der Waals surface area contributed by atoms with Crippen molar-refractivity contribution in [2.45, 2.75) is 17.1 Å². The number of halogens is 1. The SMILES string of the molecule is CC(Sc1ccc(NC(=O)/C(=C/c2cccc(Cl)c2)NC(=O)c2ccccc2)cc1)C(=O)Nc1nc(-c2cccs2)cs1. The van der Waals surface area contributed by atoms with Gasteiger partial charge in [0.2, 0.25) is 5.91 Å². The minimum absolute atomic E-state index is 0.0595. The topological polar surface area (TPSA) is 100 Å². The lowest BCUT2D eigenvalue weighted by Crippen LogP contribution is -2.30. The van der Waals surface area contributed by atoms with Crippen LogP contribution in [0.3, 0.4) is 0 Å². The van der Waals surface area contributed by atoms with Gasteiger partial charge in [0.25, 0.3) is 11.8 Å². The Balaban J connectivity index is 1.22. The third kappa shape index (κ3) is 8.42. The van der Waals surface area contributed by atoms with Gasteiger partial charge in [-0.1, -0.05) is 48.0 Å². The number of benzene rings is 3. The molecule has 0 aliphatic heterocycles. The first kappa shape index (κ1) is 30.2. The van der Waals surface area contributed by atoms with Gasteiger partial charge in [-0.15, -0.1) is 34.4 Å². The Morgan fingerprint density at radius 2 is 1.70 bits per heavy atom. The number of hydrogen-bond donors (Lipinski definition) is 3. The molecule has 0 aliphatic carbocycles. The summed E-state index contributed by atoms with van der Waals surface area (Å²) >= 11 is 10.5. The van der Waals surface area contributed by atoms with E-state index in [1.165, 1.54) is 23.1 Å². The molecule has 1 atom stereocenters. The van der Waals surface area contributed by atoms with Crippen LogP contribution in [0.15, 0.2) is 112 Å². The number of rotatable bonds is 10. The summed E-state index contributed by atoms with van der Waals surface area (Å²) in [5.74, 6) is -1.06. The first-order valence-electron chi connectivity index (χ1n) is 13.1. The molecule has 0 bridgehead atoms. The smallest absolute Gasteiger partial charge is 0.272 e. The van der Waals surface area contributed by atoms with Gasteiger partial charge >= 0.3 is 0 Å². The van der Waals surface area contributed by atoms with Crippen LogP contribution in [0.5, 0.6) is 0 Å². The van der Waals surface area contributed by atoms with Crippen LogP contribution in [0.25, 0.3) is 16.6 Å². The highest BCUT2D eigenvalue weighted by Crippen LogP contribution is 2.30. The van der Waals surface area contributed by atoms with Crippen molar-refractivity contribution in [2.24, 2.45) is 0 Å². The lowest BCUT2D eigenvalue weighted by atomic mass is 10.1. The molecule has 2 aromatic heterocycles. The van der Waals surface area contributed by atoms with E-state index in [1.54, 1.807) is 78.1 Å². The van der Waals surface area contributed by atoms with E-state index in [2.05, 4.69) is 20.9 Å². The summed E-state index contributed by atoms with van der Waals surface area (Å²) in [5, 5.41) is 13.0. The molecular weight excluding hydrogens is 620 g/mol. The highest BCUT2D eigenvalue weighted by Gasteiger charge is 2.18. The van der Waals surface area contributed by atoms with Crippen LogP contribution in [0.4, 0.5) is 10.8 Å². The minimum Gasteiger partial charge on any atom is -0.321 e. The lowest BCUT2D eigenvalue weighted by Gasteiger charge is -2.13. The predicted octanol–water partition coefficient (Wildman–Crippen LogP) is 8.05. The van der Waals surface area contributed by atoms with E-state index in [9.17, 15) is 14.4 Å². The summed E-state index contributed by atoms with van der Waals surface area (Å²) in [7, 11) is 0. The number of hydrogen-bond acceptors (Lipinski definition) is 7. The fraction of sp³-hybridized carbons (Fsp3) is 0.0625. The van der Waals surface area contributed by atoms with Gasteiger partial charge in [-0.3, -0.25) is 14.4 Å².